The van der Waals surface area contributed by atoms with Crippen molar-refractivity contribution in [1.29, 1.82) is 5.26 Å². The molecule has 0 aliphatic rings. The maximum atomic E-state index is 8.59. The van der Waals surface area contributed by atoms with Crippen molar-refractivity contribution in [3.05, 3.63) is 23.0 Å². The molecular weight excluding hydrogens is 190 g/mol. The van der Waals surface area contributed by atoms with Crippen LogP contribution in [-0.2, 0) is 0 Å². The highest BCUT2D eigenvalue weighted by Crippen LogP contribution is 2.25. The van der Waals surface area contributed by atoms with E-state index in [9.17, 15) is 0 Å². The van der Waals surface area contributed by atoms with Crippen LogP contribution >= 0.6 is 11.6 Å². The number of halogens is 1. The van der Waals surface area contributed by atoms with Crippen LogP contribution in [0.2, 0.25) is 5.02 Å². The Morgan fingerprint density at radius 1 is 1.46 bits per heavy atom. The largest absolute Gasteiger partial charge is 0.276 e. The number of rotatable bonds is 1. The van der Waals surface area contributed by atoms with Gasteiger partial charge in [0.2, 0.25) is 0 Å². The Hall–Kier alpha value is -1.80. The standard InChI is InChI=1S/C7H4ClN5/c8-6-5(3-9)12-13-7(6)4-1-2-10-11-4/h1-2H,(H,10,11)(H,12,13). The van der Waals surface area contributed by atoms with Crippen LogP contribution < -0.4 is 0 Å². The van der Waals surface area contributed by atoms with E-state index in [1.54, 1.807) is 12.3 Å². The molecule has 64 valence electrons. The van der Waals surface area contributed by atoms with E-state index in [-0.39, 0.29) is 5.69 Å². The Bertz CT molecular complexity index is 450. The molecule has 0 amide bonds. The lowest BCUT2D eigenvalue weighted by Gasteiger charge is -1.90. The van der Waals surface area contributed by atoms with Gasteiger partial charge < -0.3 is 0 Å². The van der Waals surface area contributed by atoms with Crippen molar-refractivity contribution < 1.29 is 0 Å². The minimum atomic E-state index is 0.186. The van der Waals surface area contributed by atoms with Gasteiger partial charge in [-0.15, -0.1) is 0 Å². The van der Waals surface area contributed by atoms with Crippen molar-refractivity contribution >= 4 is 11.6 Å². The van der Waals surface area contributed by atoms with Crippen LogP contribution in [0.5, 0.6) is 0 Å². The second-order valence-electron chi connectivity index (χ2n) is 2.34. The van der Waals surface area contributed by atoms with Gasteiger partial charge in [0.15, 0.2) is 5.69 Å². The molecule has 2 aromatic rings. The summed E-state index contributed by atoms with van der Waals surface area (Å²) in [5.74, 6) is 0. The zero-order chi connectivity index (χ0) is 9.26. The number of aromatic nitrogens is 4. The molecule has 0 bridgehead atoms. The molecule has 5 nitrogen and oxygen atoms in total. The third kappa shape index (κ3) is 1.17. The molecule has 13 heavy (non-hydrogen) atoms. The number of aromatic amines is 2. The first-order valence-electron chi connectivity index (χ1n) is 3.46. The van der Waals surface area contributed by atoms with Gasteiger partial charge >= 0.3 is 0 Å². The van der Waals surface area contributed by atoms with Gasteiger partial charge in [-0.05, 0) is 6.07 Å². The van der Waals surface area contributed by atoms with Crippen molar-refractivity contribution in [1.82, 2.24) is 20.4 Å². The van der Waals surface area contributed by atoms with Gasteiger partial charge in [0.1, 0.15) is 16.8 Å². The fourth-order valence-corrected chi connectivity index (χ4v) is 1.20. The van der Waals surface area contributed by atoms with E-state index >= 15 is 0 Å². The molecule has 0 saturated heterocycles. The minimum Gasteiger partial charge on any atom is -0.276 e. The number of nitrogens with one attached hydrogen (secondary N) is 2. The molecule has 0 aromatic carbocycles. The summed E-state index contributed by atoms with van der Waals surface area (Å²) in [5, 5.41) is 21.8. The number of nitrogens with zero attached hydrogens (tertiary/aromatic N) is 3. The summed E-state index contributed by atoms with van der Waals surface area (Å²) in [7, 11) is 0. The maximum absolute atomic E-state index is 8.59. The fourth-order valence-electron chi connectivity index (χ4n) is 0.976. The van der Waals surface area contributed by atoms with E-state index in [1.807, 2.05) is 6.07 Å². The van der Waals surface area contributed by atoms with E-state index in [4.69, 9.17) is 16.9 Å². The molecule has 2 rings (SSSR count). The molecule has 0 atom stereocenters. The van der Waals surface area contributed by atoms with Crippen molar-refractivity contribution in [2.75, 3.05) is 0 Å². The first-order chi connectivity index (χ1) is 6.33. The minimum absolute atomic E-state index is 0.186. The van der Waals surface area contributed by atoms with Gasteiger partial charge in [-0.1, -0.05) is 11.6 Å². The normalized spacial score (nSPS) is 9.85. The second-order valence-corrected chi connectivity index (χ2v) is 2.72. The molecule has 0 unspecified atom stereocenters. The molecule has 0 spiro atoms. The van der Waals surface area contributed by atoms with E-state index < -0.39 is 0 Å². The van der Waals surface area contributed by atoms with E-state index in [1.165, 1.54) is 0 Å². The van der Waals surface area contributed by atoms with E-state index in [0.717, 1.165) is 0 Å². The Balaban J connectivity index is 2.55. The highest BCUT2D eigenvalue weighted by Gasteiger charge is 2.12. The smallest absolute Gasteiger partial charge is 0.181 e. The first kappa shape index (κ1) is 7.83. The second kappa shape index (κ2) is 2.92. The molecular formula is C7H4ClN5. The lowest BCUT2D eigenvalue weighted by atomic mass is 10.3. The van der Waals surface area contributed by atoms with Gasteiger partial charge in [0.25, 0.3) is 0 Å². The highest BCUT2D eigenvalue weighted by atomic mass is 35.5. The predicted molar refractivity (Wildman–Crippen MR) is 45.9 cm³/mol. The summed E-state index contributed by atoms with van der Waals surface area (Å²) >= 11 is 5.85. The van der Waals surface area contributed by atoms with Gasteiger partial charge in [-0.25, -0.2) is 0 Å². The van der Waals surface area contributed by atoms with Crippen molar-refractivity contribution in [3.8, 4) is 17.5 Å². The summed E-state index contributed by atoms with van der Waals surface area (Å²) in [4.78, 5) is 0. The van der Waals surface area contributed by atoms with Crippen LogP contribution in [-0.4, -0.2) is 20.4 Å². The number of nitriles is 1. The first-order valence-corrected chi connectivity index (χ1v) is 3.84. The van der Waals surface area contributed by atoms with E-state index in [0.29, 0.717) is 16.4 Å². The quantitative estimate of drug-likeness (QED) is 0.717. The molecule has 6 heteroatoms. The topological polar surface area (TPSA) is 81.2 Å². The van der Waals surface area contributed by atoms with Gasteiger partial charge in [0, 0.05) is 6.20 Å². The third-order valence-corrected chi connectivity index (χ3v) is 1.95. The van der Waals surface area contributed by atoms with E-state index in [2.05, 4.69) is 20.4 Å². The Morgan fingerprint density at radius 3 is 2.85 bits per heavy atom. The molecule has 0 radical (unpaired) electrons. The Labute approximate surface area is 78.3 Å². The monoisotopic (exact) mass is 193 g/mol. The molecule has 0 aliphatic heterocycles. The lowest BCUT2D eigenvalue weighted by molar-refractivity contribution is 1.05. The van der Waals surface area contributed by atoms with Crippen molar-refractivity contribution in [2.24, 2.45) is 0 Å². The molecule has 0 saturated carbocycles. The predicted octanol–water partition coefficient (Wildman–Crippen LogP) is 1.32. The summed E-state index contributed by atoms with van der Waals surface area (Å²) < 4.78 is 0. The van der Waals surface area contributed by atoms with Crippen molar-refractivity contribution in [3.63, 3.8) is 0 Å². The van der Waals surface area contributed by atoms with Crippen LogP contribution in [0.15, 0.2) is 12.3 Å². The lowest BCUT2D eigenvalue weighted by Crippen LogP contribution is -1.78. The zero-order valence-corrected chi connectivity index (χ0v) is 7.13. The zero-order valence-electron chi connectivity index (χ0n) is 6.37. The highest BCUT2D eigenvalue weighted by molar-refractivity contribution is 6.34. The number of H-pyrrole nitrogens is 2. The summed E-state index contributed by atoms with van der Waals surface area (Å²) in [6.45, 7) is 0. The molecule has 0 fully saturated rings. The SMILES string of the molecule is N#Cc1n[nH]c(-c2ccn[nH]2)c1Cl. The van der Waals surface area contributed by atoms with Gasteiger partial charge in [-0.3, -0.25) is 10.2 Å². The summed E-state index contributed by atoms with van der Waals surface area (Å²) in [6, 6.07) is 3.61. The van der Waals surface area contributed by atoms with Crippen LogP contribution in [0.4, 0.5) is 0 Å². The number of hydrogen-bond donors (Lipinski definition) is 2. The number of hydrogen-bond acceptors (Lipinski definition) is 3. The summed E-state index contributed by atoms with van der Waals surface area (Å²) in [5.41, 5.74) is 1.47. The Morgan fingerprint density at radius 2 is 2.31 bits per heavy atom. The average Bonchev–Trinajstić information content (AvgIpc) is 2.72. The molecule has 0 aliphatic carbocycles. The maximum Gasteiger partial charge on any atom is 0.181 e. The average molecular weight is 194 g/mol. The van der Waals surface area contributed by atoms with Crippen molar-refractivity contribution in [2.45, 2.75) is 0 Å². The van der Waals surface area contributed by atoms with Gasteiger partial charge in [-0.2, -0.15) is 15.5 Å². The van der Waals surface area contributed by atoms with Crippen LogP contribution in [0, 0.1) is 11.3 Å². The fraction of sp³-hybridized carbons (Fsp3) is 0. The molecule has 2 N–H and O–H groups in total. The molecule has 2 heterocycles. The molecule has 2 aromatic heterocycles. The van der Waals surface area contributed by atoms with Crippen LogP contribution in [0.3, 0.4) is 0 Å². The van der Waals surface area contributed by atoms with Crippen LogP contribution in [0.25, 0.3) is 11.4 Å². The Kier molecular flexibility index (Phi) is 1.76. The van der Waals surface area contributed by atoms with Gasteiger partial charge in [0.05, 0.1) is 5.69 Å². The van der Waals surface area contributed by atoms with Crippen LogP contribution in [0.1, 0.15) is 5.69 Å². The third-order valence-electron chi connectivity index (χ3n) is 1.58. The summed E-state index contributed by atoms with van der Waals surface area (Å²) in [6.07, 6.45) is 1.60.